The van der Waals surface area contributed by atoms with Crippen molar-refractivity contribution >= 4 is 17.2 Å². The average Bonchev–Trinajstić information content (AvgIpc) is 3.49. The maximum absolute atomic E-state index is 13.7. The van der Waals surface area contributed by atoms with Crippen LogP contribution < -0.4 is 5.32 Å². The number of aromatic nitrogens is 5. The molecule has 0 radical (unpaired) electrons. The van der Waals surface area contributed by atoms with E-state index in [2.05, 4.69) is 20.3 Å². The second kappa shape index (κ2) is 8.71. The lowest BCUT2D eigenvalue weighted by Crippen LogP contribution is -2.15. The quantitative estimate of drug-likeness (QED) is 0.377. The SMILES string of the molecule is Cc1ccc(C(=O)Nc2ccc(Cn3ccnc3)c(C(F)(F)F)c2)cc1-c1cnc2cnccn12. The van der Waals surface area contributed by atoms with E-state index in [9.17, 15) is 18.0 Å². The van der Waals surface area contributed by atoms with Crippen LogP contribution in [0.5, 0.6) is 0 Å². The Morgan fingerprint density at radius 1 is 1.03 bits per heavy atom. The second-order valence-electron chi connectivity index (χ2n) is 8.04. The summed E-state index contributed by atoms with van der Waals surface area (Å²) in [4.78, 5) is 25.2. The molecule has 0 bridgehead atoms. The summed E-state index contributed by atoms with van der Waals surface area (Å²) in [7, 11) is 0. The summed E-state index contributed by atoms with van der Waals surface area (Å²) in [5.41, 5.74) is 2.77. The fraction of sp³-hybridized carbons (Fsp3) is 0.120. The van der Waals surface area contributed by atoms with Gasteiger partial charge in [-0.05, 0) is 42.3 Å². The number of carbonyl (C=O) groups excluding carboxylic acids is 1. The van der Waals surface area contributed by atoms with Gasteiger partial charge in [-0.3, -0.25) is 14.2 Å². The maximum Gasteiger partial charge on any atom is 0.416 e. The van der Waals surface area contributed by atoms with E-state index in [-0.39, 0.29) is 17.8 Å². The van der Waals surface area contributed by atoms with Gasteiger partial charge in [0.2, 0.25) is 0 Å². The normalized spacial score (nSPS) is 11.7. The molecule has 1 N–H and O–H groups in total. The van der Waals surface area contributed by atoms with Gasteiger partial charge >= 0.3 is 6.18 Å². The van der Waals surface area contributed by atoms with Crippen LogP contribution in [0.3, 0.4) is 0 Å². The Bertz CT molecular complexity index is 1520. The molecule has 0 atom stereocenters. The Kier molecular flexibility index (Phi) is 5.56. The first kappa shape index (κ1) is 22.3. The fourth-order valence-electron chi connectivity index (χ4n) is 3.92. The number of anilines is 1. The van der Waals surface area contributed by atoms with Crippen LogP contribution in [-0.4, -0.2) is 29.8 Å². The van der Waals surface area contributed by atoms with Crippen molar-refractivity contribution in [1.29, 1.82) is 0 Å². The number of hydrogen-bond acceptors (Lipinski definition) is 4. The molecule has 0 aliphatic heterocycles. The monoisotopic (exact) mass is 476 g/mol. The summed E-state index contributed by atoms with van der Waals surface area (Å²) < 4.78 is 44.6. The number of carbonyl (C=O) groups is 1. The molecule has 3 heterocycles. The molecule has 0 saturated heterocycles. The van der Waals surface area contributed by atoms with Gasteiger partial charge in [-0.15, -0.1) is 0 Å². The molecule has 0 unspecified atom stereocenters. The minimum absolute atomic E-state index is 0.0131. The number of rotatable bonds is 5. The number of amides is 1. The van der Waals surface area contributed by atoms with Crippen LogP contribution in [0.1, 0.15) is 27.0 Å². The van der Waals surface area contributed by atoms with Gasteiger partial charge in [0, 0.05) is 48.1 Å². The van der Waals surface area contributed by atoms with Gasteiger partial charge in [0.15, 0.2) is 5.65 Å². The number of aryl methyl sites for hydroxylation is 1. The summed E-state index contributed by atoms with van der Waals surface area (Å²) in [6, 6.07) is 8.91. The number of benzene rings is 2. The van der Waals surface area contributed by atoms with E-state index in [0.29, 0.717) is 11.2 Å². The van der Waals surface area contributed by atoms with Gasteiger partial charge < -0.3 is 9.88 Å². The highest BCUT2D eigenvalue weighted by atomic mass is 19.4. The molecule has 1 amide bonds. The zero-order valence-electron chi connectivity index (χ0n) is 18.5. The minimum Gasteiger partial charge on any atom is -0.333 e. The van der Waals surface area contributed by atoms with Crippen molar-refractivity contribution in [3.05, 3.63) is 102 Å². The first-order valence-corrected chi connectivity index (χ1v) is 10.6. The predicted molar refractivity (Wildman–Crippen MR) is 124 cm³/mol. The van der Waals surface area contributed by atoms with E-state index in [1.165, 1.54) is 24.7 Å². The van der Waals surface area contributed by atoms with Crippen molar-refractivity contribution < 1.29 is 18.0 Å². The third-order valence-corrected chi connectivity index (χ3v) is 5.68. The highest BCUT2D eigenvalue weighted by Crippen LogP contribution is 2.34. The highest BCUT2D eigenvalue weighted by Gasteiger charge is 2.33. The van der Waals surface area contributed by atoms with Crippen LogP contribution in [-0.2, 0) is 12.7 Å². The van der Waals surface area contributed by atoms with Crippen molar-refractivity contribution in [2.45, 2.75) is 19.6 Å². The minimum atomic E-state index is -4.58. The van der Waals surface area contributed by atoms with E-state index >= 15 is 0 Å². The molecule has 0 aliphatic rings. The molecule has 0 aliphatic carbocycles. The maximum atomic E-state index is 13.7. The molecule has 5 rings (SSSR count). The lowest BCUT2D eigenvalue weighted by molar-refractivity contribution is -0.138. The summed E-state index contributed by atoms with van der Waals surface area (Å²) in [6.45, 7) is 1.92. The lowest BCUT2D eigenvalue weighted by atomic mass is 10.0. The number of fused-ring (bicyclic) bond motifs is 1. The van der Waals surface area contributed by atoms with E-state index < -0.39 is 17.6 Å². The number of imidazole rings is 2. The third-order valence-electron chi connectivity index (χ3n) is 5.68. The van der Waals surface area contributed by atoms with Gasteiger partial charge in [-0.1, -0.05) is 12.1 Å². The van der Waals surface area contributed by atoms with E-state index in [1.807, 2.05) is 11.3 Å². The number of alkyl halides is 3. The molecule has 0 spiro atoms. The van der Waals surface area contributed by atoms with Crippen LogP contribution in [0.4, 0.5) is 18.9 Å². The summed E-state index contributed by atoms with van der Waals surface area (Å²) in [5, 5.41) is 2.60. The van der Waals surface area contributed by atoms with Gasteiger partial charge in [0.1, 0.15) is 0 Å². The lowest BCUT2D eigenvalue weighted by Gasteiger charge is -2.16. The summed E-state index contributed by atoms with van der Waals surface area (Å²) in [6.07, 6.45) is 6.69. The van der Waals surface area contributed by atoms with Crippen molar-refractivity contribution in [1.82, 2.24) is 23.9 Å². The molecule has 3 aromatic heterocycles. The number of halogens is 3. The summed E-state index contributed by atoms with van der Waals surface area (Å²) >= 11 is 0. The molecular weight excluding hydrogens is 457 g/mol. The number of nitrogens with zero attached hydrogens (tertiary/aromatic N) is 5. The zero-order valence-corrected chi connectivity index (χ0v) is 18.5. The largest absolute Gasteiger partial charge is 0.416 e. The van der Waals surface area contributed by atoms with Crippen molar-refractivity contribution in [2.75, 3.05) is 5.32 Å². The zero-order chi connectivity index (χ0) is 24.6. The van der Waals surface area contributed by atoms with Crippen molar-refractivity contribution in [3.8, 4) is 11.3 Å². The first-order valence-electron chi connectivity index (χ1n) is 10.6. The second-order valence-corrected chi connectivity index (χ2v) is 8.04. The Morgan fingerprint density at radius 2 is 1.86 bits per heavy atom. The molecular formula is C25H19F3N6O. The Morgan fingerprint density at radius 3 is 2.63 bits per heavy atom. The standard InChI is InChI=1S/C25H19F3N6O/c1-16-2-3-17(10-20(16)22-12-31-23-13-29-7-9-34(22)23)24(35)32-19-5-4-18(14-33-8-6-30-15-33)21(11-19)25(26,27)28/h2-13,15H,14H2,1H3,(H,32,35). The van der Waals surface area contributed by atoms with Crippen LogP contribution in [0.2, 0.25) is 0 Å². The topological polar surface area (TPSA) is 77.1 Å². The molecule has 10 heteroatoms. The fourth-order valence-corrected chi connectivity index (χ4v) is 3.92. The van der Waals surface area contributed by atoms with Gasteiger partial charge in [0.25, 0.3) is 5.91 Å². The Labute approximate surface area is 197 Å². The summed E-state index contributed by atoms with van der Waals surface area (Å²) in [5.74, 6) is -0.516. The van der Waals surface area contributed by atoms with Crippen LogP contribution in [0, 0.1) is 6.92 Å². The van der Waals surface area contributed by atoms with Crippen LogP contribution in [0.15, 0.2) is 79.9 Å². The molecule has 35 heavy (non-hydrogen) atoms. The average molecular weight is 476 g/mol. The van der Waals surface area contributed by atoms with Crippen LogP contribution in [0.25, 0.3) is 16.9 Å². The van der Waals surface area contributed by atoms with Crippen molar-refractivity contribution in [2.24, 2.45) is 0 Å². The molecule has 5 aromatic rings. The number of nitrogens with one attached hydrogen (secondary N) is 1. The highest BCUT2D eigenvalue weighted by molar-refractivity contribution is 6.05. The van der Waals surface area contributed by atoms with Crippen LogP contribution >= 0.6 is 0 Å². The molecule has 0 saturated carbocycles. The first-order chi connectivity index (χ1) is 16.8. The molecule has 0 fully saturated rings. The Hall–Kier alpha value is -4.47. The van der Waals surface area contributed by atoms with E-state index in [1.54, 1.807) is 53.8 Å². The smallest absolute Gasteiger partial charge is 0.333 e. The third kappa shape index (κ3) is 4.50. The molecule has 176 valence electrons. The van der Waals surface area contributed by atoms with Gasteiger partial charge in [-0.2, -0.15) is 13.2 Å². The van der Waals surface area contributed by atoms with E-state index in [0.717, 1.165) is 22.9 Å². The van der Waals surface area contributed by atoms with E-state index in [4.69, 9.17) is 0 Å². The van der Waals surface area contributed by atoms with Gasteiger partial charge in [-0.25, -0.2) is 9.97 Å². The predicted octanol–water partition coefficient (Wildman–Crippen LogP) is 5.22. The van der Waals surface area contributed by atoms with Crippen molar-refractivity contribution in [3.63, 3.8) is 0 Å². The Balaban J connectivity index is 1.44. The molecule has 2 aromatic carbocycles. The van der Waals surface area contributed by atoms with Gasteiger partial charge in [0.05, 0.1) is 30.0 Å². The number of hydrogen-bond donors (Lipinski definition) is 1. The molecule has 7 nitrogen and oxygen atoms in total.